The third-order valence-corrected chi connectivity index (χ3v) is 2.73. The quantitative estimate of drug-likeness (QED) is 0.791. The molecule has 1 aliphatic carbocycles. The number of amides is 1. The molecule has 1 saturated carbocycles. The lowest BCUT2D eigenvalue weighted by atomic mass is 10.1. The highest BCUT2D eigenvalue weighted by molar-refractivity contribution is 5.98. The molecule has 0 atom stereocenters. The lowest BCUT2D eigenvalue weighted by Crippen LogP contribution is -2.26. The highest BCUT2D eigenvalue weighted by Gasteiger charge is 2.22. The second-order valence-corrected chi connectivity index (χ2v) is 4.12. The van der Waals surface area contributed by atoms with Gasteiger partial charge in [-0.1, -0.05) is 12.1 Å². The molecule has 1 aromatic rings. The smallest absolute Gasteiger partial charge is 0.255 e. The van der Waals surface area contributed by atoms with Crippen molar-refractivity contribution >= 4 is 5.91 Å². The van der Waals surface area contributed by atoms with E-state index in [9.17, 15) is 9.90 Å². The number of hydrogen-bond acceptors (Lipinski definition) is 2. The van der Waals surface area contributed by atoms with E-state index in [0.717, 1.165) is 12.1 Å². The molecule has 3 heteroatoms. The molecule has 0 radical (unpaired) electrons. The molecule has 0 heterocycles. The molecule has 2 rings (SSSR count). The summed E-state index contributed by atoms with van der Waals surface area (Å²) in [5.41, 5.74) is 1.21. The maximum atomic E-state index is 11.7. The first-order valence-corrected chi connectivity index (χ1v) is 5.25. The third kappa shape index (κ3) is 2.29. The standard InChI is InChI=1S/C12H15NO2/c1-8-3-2-4-10(14)11(8)12(15)13-7-9-5-6-9/h2-4,9,14H,5-7H2,1H3,(H,13,15). The number of hydrogen-bond donors (Lipinski definition) is 2. The molecule has 1 amide bonds. The summed E-state index contributed by atoms with van der Waals surface area (Å²) in [6.45, 7) is 2.55. The highest BCUT2D eigenvalue weighted by atomic mass is 16.3. The van der Waals surface area contributed by atoms with E-state index in [2.05, 4.69) is 5.32 Å². The van der Waals surface area contributed by atoms with Gasteiger partial charge in [-0.05, 0) is 37.3 Å². The summed E-state index contributed by atoms with van der Waals surface area (Å²) in [5, 5.41) is 12.4. The topological polar surface area (TPSA) is 49.3 Å². The summed E-state index contributed by atoms with van der Waals surface area (Å²) in [7, 11) is 0. The number of carbonyl (C=O) groups is 1. The molecule has 1 aromatic carbocycles. The normalized spacial score (nSPS) is 15.0. The monoisotopic (exact) mass is 205 g/mol. The fourth-order valence-corrected chi connectivity index (χ4v) is 1.60. The summed E-state index contributed by atoms with van der Waals surface area (Å²) in [6, 6.07) is 5.10. The zero-order chi connectivity index (χ0) is 10.8. The van der Waals surface area contributed by atoms with E-state index in [1.54, 1.807) is 12.1 Å². The molecule has 80 valence electrons. The van der Waals surface area contributed by atoms with E-state index in [1.165, 1.54) is 12.8 Å². The molecule has 3 nitrogen and oxygen atoms in total. The van der Waals surface area contributed by atoms with E-state index < -0.39 is 0 Å². The van der Waals surface area contributed by atoms with Crippen LogP contribution < -0.4 is 5.32 Å². The van der Waals surface area contributed by atoms with Crippen LogP contribution in [-0.4, -0.2) is 17.6 Å². The van der Waals surface area contributed by atoms with Crippen molar-refractivity contribution in [3.63, 3.8) is 0 Å². The Hall–Kier alpha value is -1.51. The van der Waals surface area contributed by atoms with Crippen LogP contribution in [0.1, 0.15) is 28.8 Å². The van der Waals surface area contributed by atoms with Gasteiger partial charge in [-0.15, -0.1) is 0 Å². The van der Waals surface area contributed by atoms with Crippen LogP contribution >= 0.6 is 0 Å². The molecular weight excluding hydrogens is 190 g/mol. The maximum Gasteiger partial charge on any atom is 0.255 e. The predicted octanol–water partition coefficient (Wildman–Crippen LogP) is 1.84. The second-order valence-electron chi connectivity index (χ2n) is 4.12. The number of carbonyl (C=O) groups excluding carboxylic acids is 1. The van der Waals surface area contributed by atoms with Crippen LogP contribution in [0.15, 0.2) is 18.2 Å². The van der Waals surface area contributed by atoms with Gasteiger partial charge in [0.2, 0.25) is 0 Å². The Balaban J connectivity index is 2.09. The lowest BCUT2D eigenvalue weighted by Gasteiger charge is -2.08. The Kier molecular flexibility index (Phi) is 2.62. The van der Waals surface area contributed by atoms with Crippen LogP contribution in [0.25, 0.3) is 0 Å². The van der Waals surface area contributed by atoms with Gasteiger partial charge in [-0.25, -0.2) is 0 Å². The van der Waals surface area contributed by atoms with E-state index in [0.29, 0.717) is 11.5 Å². The highest BCUT2D eigenvalue weighted by Crippen LogP contribution is 2.28. The predicted molar refractivity (Wildman–Crippen MR) is 57.9 cm³/mol. The van der Waals surface area contributed by atoms with E-state index in [4.69, 9.17) is 0 Å². The van der Waals surface area contributed by atoms with Crippen LogP contribution in [0.5, 0.6) is 5.75 Å². The number of aromatic hydroxyl groups is 1. The average molecular weight is 205 g/mol. The second kappa shape index (κ2) is 3.93. The number of rotatable bonds is 3. The van der Waals surface area contributed by atoms with Crippen molar-refractivity contribution in [2.45, 2.75) is 19.8 Å². The van der Waals surface area contributed by atoms with Gasteiger partial charge in [0, 0.05) is 6.54 Å². The van der Waals surface area contributed by atoms with Crippen molar-refractivity contribution in [2.75, 3.05) is 6.54 Å². The minimum absolute atomic E-state index is 0.0586. The van der Waals surface area contributed by atoms with Crippen molar-refractivity contribution in [1.82, 2.24) is 5.32 Å². The lowest BCUT2D eigenvalue weighted by molar-refractivity contribution is 0.0948. The molecule has 2 N–H and O–H groups in total. The number of aryl methyl sites for hydroxylation is 1. The van der Waals surface area contributed by atoms with Crippen LogP contribution in [0, 0.1) is 12.8 Å². The summed E-state index contributed by atoms with van der Waals surface area (Å²) in [5.74, 6) is 0.543. The Morgan fingerprint density at radius 3 is 2.87 bits per heavy atom. The van der Waals surface area contributed by atoms with Crippen molar-refractivity contribution < 1.29 is 9.90 Å². The molecular formula is C12H15NO2. The molecule has 0 aliphatic heterocycles. The first kappa shape index (κ1) is 10.0. The van der Waals surface area contributed by atoms with Gasteiger partial charge in [0.1, 0.15) is 5.75 Å². The first-order chi connectivity index (χ1) is 7.18. The zero-order valence-electron chi connectivity index (χ0n) is 8.79. The Bertz CT molecular complexity index is 363. The van der Waals surface area contributed by atoms with Crippen molar-refractivity contribution in [2.24, 2.45) is 5.92 Å². The van der Waals surface area contributed by atoms with Crippen LogP contribution in [-0.2, 0) is 0 Å². The molecule has 1 fully saturated rings. The fraction of sp³-hybridized carbons (Fsp3) is 0.417. The number of phenols is 1. The number of benzene rings is 1. The fourth-order valence-electron chi connectivity index (χ4n) is 1.60. The summed E-state index contributed by atoms with van der Waals surface area (Å²) in [4.78, 5) is 11.7. The molecule has 0 spiro atoms. The largest absolute Gasteiger partial charge is 0.507 e. The van der Waals surface area contributed by atoms with E-state index in [-0.39, 0.29) is 11.7 Å². The van der Waals surface area contributed by atoms with Gasteiger partial charge in [-0.2, -0.15) is 0 Å². The molecule has 0 aromatic heterocycles. The number of nitrogens with one attached hydrogen (secondary N) is 1. The minimum atomic E-state index is -0.169. The minimum Gasteiger partial charge on any atom is -0.507 e. The SMILES string of the molecule is Cc1cccc(O)c1C(=O)NCC1CC1. The van der Waals surface area contributed by atoms with Gasteiger partial charge in [0.25, 0.3) is 5.91 Å². The van der Waals surface area contributed by atoms with Gasteiger partial charge in [-0.3, -0.25) is 4.79 Å². The van der Waals surface area contributed by atoms with E-state index in [1.807, 2.05) is 13.0 Å². The van der Waals surface area contributed by atoms with Gasteiger partial charge in [0.05, 0.1) is 5.56 Å². The Morgan fingerprint density at radius 1 is 1.53 bits per heavy atom. The van der Waals surface area contributed by atoms with Gasteiger partial charge in [0.15, 0.2) is 0 Å². The Morgan fingerprint density at radius 2 is 2.27 bits per heavy atom. The van der Waals surface area contributed by atoms with Crippen LogP contribution in [0.3, 0.4) is 0 Å². The zero-order valence-corrected chi connectivity index (χ0v) is 8.79. The van der Waals surface area contributed by atoms with E-state index >= 15 is 0 Å². The summed E-state index contributed by atoms with van der Waals surface area (Å²) in [6.07, 6.45) is 2.42. The molecule has 0 unspecified atom stereocenters. The third-order valence-electron chi connectivity index (χ3n) is 2.73. The number of phenolic OH excluding ortho intramolecular Hbond substituents is 1. The van der Waals surface area contributed by atoms with Gasteiger partial charge >= 0.3 is 0 Å². The molecule has 0 saturated heterocycles. The first-order valence-electron chi connectivity index (χ1n) is 5.25. The molecule has 15 heavy (non-hydrogen) atoms. The van der Waals surface area contributed by atoms with Crippen LogP contribution in [0.2, 0.25) is 0 Å². The van der Waals surface area contributed by atoms with Crippen molar-refractivity contribution in [3.8, 4) is 5.75 Å². The molecule has 1 aliphatic rings. The summed E-state index contributed by atoms with van der Waals surface area (Å²) >= 11 is 0. The van der Waals surface area contributed by atoms with Crippen molar-refractivity contribution in [1.29, 1.82) is 0 Å². The maximum absolute atomic E-state index is 11.7. The van der Waals surface area contributed by atoms with Crippen LogP contribution in [0.4, 0.5) is 0 Å². The van der Waals surface area contributed by atoms with Crippen molar-refractivity contribution in [3.05, 3.63) is 29.3 Å². The molecule has 0 bridgehead atoms. The summed E-state index contributed by atoms with van der Waals surface area (Å²) < 4.78 is 0. The van der Waals surface area contributed by atoms with Gasteiger partial charge < -0.3 is 10.4 Å². The average Bonchev–Trinajstić information content (AvgIpc) is 2.97. The Labute approximate surface area is 89.1 Å².